The second-order valence-electron chi connectivity index (χ2n) is 12.2. The molecule has 0 bridgehead atoms. The molecule has 1 aromatic carbocycles. The van der Waals surface area contributed by atoms with Gasteiger partial charge in [0.1, 0.15) is 0 Å². The lowest BCUT2D eigenvalue weighted by Gasteiger charge is -2.35. The molecule has 1 aliphatic heterocycles. The lowest BCUT2D eigenvalue weighted by molar-refractivity contribution is -0.179. The van der Waals surface area contributed by atoms with Crippen LogP contribution in [-0.2, 0) is 9.59 Å². The van der Waals surface area contributed by atoms with Crippen molar-refractivity contribution in [1.29, 1.82) is 0 Å². The first-order chi connectivity index (χ1) is 19.2. The molecule has 1 saturated carbocycles. The van der Waals surface area contributed by atoms with Crippen molar-refractivity contribution in [3.8, 4) is 0 Å². The molecule has 224 valence electrons. The van der Waals surface area contributed by atoms with Gasteiger partial charge in [-0.1, -0.05) is 38.4 Å². The van der Waals surface area contributed by atoms with Crippen molar-refractivity contribution in [3.63, 3.8) is 0 Å². The molecule has 1 aromatic rings. The van der Waals surface area contributed by atoms with E-state index in [1.165, 1.54) is 0 Å². The Kier molecular flexibility index (Phi) is 9.41. The van der Waals surface area contributed by atoms with E-state index in [1.54, 1.807) is 30.4 Å². The summed E-state index contributed by atoms with van der Waals surface area (Å²) in [6.07, 6.45) is 1.58. The minimum atomic E-state index is -4.23. The molecule has 1 heterocycles. The van der Waals surface area contributed by atoms with Crippen LogP contribution in [-0.4, -0.2) is 50.1 Å². The van der Waals surface area contributed by atoms with Gasteiger partial charge in [-0.2, -0.15) is 13.2 Å². The van der Waals surface area contributed by atoms with Gasteiger partial charge in [-0.15, -0.1) is 0 Å². The van der Waals surface area contributed by atoms with Crippen LogP contribution in [0.15, 0.2) is 41.0 Å². The van der Waals surface area contributed by atoms with E-state index in [4.69, 9.17) is 11.6 Å². The van der Waals surface area contributed by atoms with Crippen LogP contribution in [0.25, 0.3) is 0 Å². The van der Waals surface area contributed by atoms with Gasteiger partial charge in [0.2, 0.25) is 11.8 Å². The number of amides is 3. The van der Waals surface area contributed by atoms with E-state index in [1.807, 2.05) is 25.7 Å². The number of hydrogen-bond donors (Lipinski definition) is 3. The van der Waals surface area contributed by atoms with Crippen molar-refractivity contribution < 1.29 is 27.6 Å². The predicted octanol–water partition coefficient (Wildman–Crippen LogP) is 5.77. The Morgan fingerprint density at radius 1 is 1.00 bits per heavy atom. The van der Waals surface area contributed by atoms with Gasteiger partial charge < -0.3 is 20.9 Å². The molecule has 1 saturated heterocycles. The van der Waals surface area contributed by atoms with Crippen LogP contribution in [0.1, 0.15) is 63.2 Å². The van der Waals surface area contributed by atoms with Crippen molar-refractivity contribution in [1.82, 2.24) is 10.6 Å². The lowest BCUT2D eigenvalue weighted by Crippen LogP contribution is -2.40. The molecule has 3 aliphatic rings. The third-order valence-electron chi connectivity index (χ3n) is 7.81. The number of hydrogen-bond acceptors (Lipinski definition) is 4. The summed E-state index contributed by atoms with van der Waals surface area (Å²) in [5, 5.41) is 9.04. The number of halogens is 4. The summed E-state index contributed by atoms with van der Waals surface area (Å²) in [6.45, 7) is 6.66. The van der Waals surface area contributed by atoms with Gasteiger partial charge in [-0.3, -0.25) is 14.4 Å². The summed E-state index contributed by atoms with van der Waals surface area (Å²) >= 11 is 6.39. The molecular formula is C30H38ClF3N4O3. The molecule has 1 atom stereocenters. The first kappa shape index (κ1) is 30.9. The Labute approximate surface area is 243 Å². The Morgan fingerprint density at radius 2 is 1.68 bits per heavy atom. The van der Waals surface area contributed by atoms with Crippen LogP contribution in [0.3, 0.4) is 0 Å². The fourth-order valence-electron chi connectivity index (χ4n) is 4.95. The van der Waals surface area contributed by atoms with E-state index < -0.39 is 23.4 Å². The number of benzene rings is 1. The first-order valence-corrected chi connectivity index (χ1v) is 14.5. The highest BCUT2D eigenvalue weighted by atomic mass is 35.5. The van der Waals surface area contributed by atoms with Crippen LogP contribution in [0, 0.1) is 23.2 Å². The number of alkyl halides is 3. The van der Waals surface area contributed by atoms with Crippen LogP contribution in [0.2, 0.25) is 0 Å². The van der Waals surface area contributed by atoms with Gasteiger partial charge >= 0.3 is 6.18 Å². The highest BCUT2D eigenvalue weighted by molar-refractivity contribution is 6.32. The molecule has 11 heteroatoms. The zero-order valence-electron chi connectivity index (χ0n) is 23.7. The first-order valence-electron chi connectivity index (χ1n) is 14.1. The molecule has 41 heavy (non-hydrogen) atoms. The highest BCUT2D eigenvalue weighted by Gasteiger charge is 2.41. The largest absolute Gasteiger partial charge is 0.391 e. The fourth-order valence-corrected chi connectivity index (χ4v) is 5.19. The third-order valence-corrected chi connectivity index (χ3v) is 8.20. The SMILES string of the molecule is CC(C)(C)C(=O)NCC1=CC=C(Cl)C(C(=O)Nc2ccc(N3CCC(C(F)(F)F)CC3)c(C(=O)NCC3CC3)c2)C1. The Morgan fingerprint density at radius 3 is 2.29 bits per heavy atom. The summed E-state index contributed by atoms with van der Waals surface area (Å²) in [7, 11) is 0. The van der Waals surface area contributed by atoms with E-state index in [2.05, 4.69) is 16.0 Å². The quantitative estimate of drug-likeness (QED) is 0.356. The zero-order chi connectivity index (χ0) is 29.9. The Hall–Kier alpha value is -3.01. The van der Waals surface area contributed by atoms with Crippen LogP contribution in [0.4, 0.5) is 24.5 Å². The van der Waals surface area contributed by atoms with Crippen molar-refractivity contribution >= 4 is 40.7 Å². The molecule has 0 radical (unpaired) electrons. The summed E-state index contributed by atoms with van der Waals surface area (Å²) in [4.78, 5) is 40.5. The monoisotopic (exact) mass is 594 g/mol. The van der Waals surface area contributed by atoms with Crippen LogP contribution >= 0.6 is 11.6 Å². The number of carbonyl (C=O) groups excluding carboxylic acids is 3. The Bertz CT molecular complexity index is 1230. The molecule has 4 rings (SSSR count). The van der Waals surface area contributed by atoms with Crippen molar-refractivity contribution in [2.24, 2.45) is 23.2 Å². The Balaban J connectivity index is 1.46. The minimum absolute atomic E-state index is 0.0380. The molecule has 1 unspecified atom stereocenters. The number of nitrogens with one attached hydrogen (secondary N) is 3. The number of allylic oxidation sites excluding steroid dienone is 2. The van der Waals surface area contributed by atoms with Gasteiger partial charge in [-0.25, -0.2) is 0 Å². The normalized spacial score (nSPS) is 20.2. The number of carbonyl (C=O) groups is 3. The molecule has 0 spiro atoms. The average molecular weight is 595 g/mol. The van der Waals surface area contributed by atoms with Gasteiger partial charge in [0, 0.05) is 48.0 Å². The van der Waals surface area contributed by atoms with Gasteiger partial charge in [-0.05, 0) is 67.9 Å². The molecule has 3 N–H and O–H groups in total. The van der Waals surface area contributed by atoms with E-state index in [9.17, 15) is 27.6 Å². The number of piperidine rings is 1. The number of nitrogens with zero attached hydrogens (tertiary/aromatic N) is 1. The van der Waals surface area contributed by atoms with Crippen molar-refractivity contribution in [3.05, 3.63) is 46.5 Å². The van der Waals surface area contributed by atoms with Gasteiger partial charge in [0.25, 0.3) is 5.91 Å². The lowest BCUT2D eigenvalue weighted by atomic mass is 9.92. The second-order valence-corrected chi connectivity index (χ2v) is 12.7. The molecular weight excluding hydrogens is 557 g/mol. The molecule has 3 amide bonds. The third kappa shape index (κ3) is 8.27. The average Bonchev–Trinajstić information content (AvgIpc) is 3.74. The van der Waals surface area contributed by atoms with E-state index >= 15 is 0 Å². The van der Waals surface area contributed by atoms with Gasteiger partial charge in [0.15, 0.2) is 0 Å². The maximum Gasteiger partial charge on any atom is 0.391 e. The van der Waals surface area contributed by atoms with E-state index in [-0.39, 0.29) is 43.7 Å². The van der Waals surface area contributed by atoms with Gasteiger partial charge in [0.05, 0.1) is 17.4 Å². The predicted molar refractivity (Wildman–Crippen MR) is 154 cm³/mol. The maximum atomic E-state index is 13.3. The fraction of sp³-hybridized carbons (Fsp3) is 0.567. The summed E-state index contributed by atoms with van der Waals surface area (Å²) in [6, 6.07) is 4.91. The molecule has 2 aliphatic carbocycles. The topological polar surface area (TPSA) is 90.5 Å². The summed E-state index contributed by atoms with van der Waals surface area (Å²) in [5.74, 6) is -2.35. The molecule has 0 aromatic heterocycles. The number of rotatable bonds is 8. The van der Waals surface area contributed by atoms with Crippen molar-refractivity contribution in [2.75, 3.05) is 36.4 Å². The van der Waals surface area contributed by atoms with E-state index in [0.717, 1.165) is 18.4 Å². The summed E-state index contributed by atoms with van der Waals surface area (Å²) < 4.78 is 39.6. The maximum absolute atomic E-state index is 13.3. The van der Waals surface area contributed by atoms with Crippen LogP contribution < -0.4 is 20.9 Å². The highest BCUT2D eigenvalue weighted by Crippen LogP contribution is 2.37. The summed E-state index contributed by atoms with van der Waals surface area (Å²) in [5.41, 5.74) is 1.56. The number of anilines is 2. The smallest absolute Gasteiger partial charge is 0.371 e. The second kappa shape index (κ2) is 12.5. The van der Waals surface area contributed by atoms with Crippen molar-refractivity contribution in [2.45, 2.75) is 59.1 Å². The molecule has 2 fully saturated rings. The van der Waals surface area contributed by atoms with E-state index in [0.29, 0.717) is 47.4 Å². The zero-order valence-corrected chi connectivity index (χ0v) is 24.4. The van der Waals surface area contributed by atoms with Crippen LogP contribution in [0.5, 0.6) is 0 Å². The molecule has 7 nitrogen and oxygen atoms in total. The minimum Gasteiger partial charge on any atom is -0.371 e. The standard InChI is InChI=1S/C30H38ClF3N4O3/c1-29(2,3)28(41)36-17-19-6-8-24(31)22(14-19)27(40)37-21-7-9-25(23(15-21)26(39)35-16-18-4-5-18)38-12-10-20(11-13-38)30(32,33)34/h6-9,15,18,20,22H,4-5,10-14,16-17H2,1-3H3,(H,35,39)(H,36,41)(H,37,40).